The molecular weight excluding hydrogens is 228 g/mol. The number of benzene rings is 1. The summed E-state index contributed by atoms with van der Waals surface area (Å²) >= 11 is 0. The van der Waals surface area contributed by atoms with Crippen molar-refractivity contribution >= 4 is 10.9 Å². The van der Waals surface area contributed by atoms with Gasteiger partial charge in [0.05, 0.1) is 5.69 Å². The van der Waals surface area contributed by atoms with Crippen LogP contribution in [0.25, 0.3) is 10.9 Å². The molecule has 0 saturated carbocycles. The first-order valence-electron chi connectivity index (χ1n) is 6.25. The molecule has 1 atom stereocenters. The Bertz CT molecular complexity index is 548. The highest BCUT2D eigenvalue weighted by Crippen LogP contribution is 2.25. The number of aromatic nitrogens is 1. The minimum absolute atomic E-state index is 0.0310. The molecule has 2 heterocycles. The van der Waals surface area contributed by atoms with Gasteiger partial charge in [-0.3, -0.25) is 0 Å². The lowest BCUT2D eigenvalue weighted by molar-refractivity contribution is 0.0641. The molecule has 0 bridgehead atoms. The summed E-state index contributed by atoms with van der Waals surface area (Å²) in [5, 5.41) is 14.1. The first-order valence-corrected chi connectivity index (χ1v) is 6.25. The van der Waals surface area contributed by atoms with Crippen LogP contribution >= 0.6 is 0 Å². The number of phenolic OH excluding ortho intramolecular Hbond substituents is 1. The van der Waals surface area contributed by atoms with Crippen molar-refractivity contribution in [3.05, 3.63) is 36.0 Å². The van der Waals surface area contributed by atoms with Gasteiger partial charge in [-0.2, -0.15) is 0 Å². The number of fused-ring (bicyclic) bond motifs is 1. The van der Waals surface area contributed by atoms with E-state index in [1.54, 1.807) is 6.07 Å². The van der Waals surface area contributed by atoms with E-state index in [4.69, 9.17) is 4.74 Å². The maximum absolute atomic E-state index is 9.83. The van der Waals surface area contributed by atoms with Crippen molar-refractivity contribution in [2.24, 2.45) is 0 Å². The van der Waals surface area contributed by atoms with Crippen LogP contribution in [0.1, 0.15) is 18.2 Å². The number of pyridine rings is 1. The second kappa shape index (κ2) is 4.92. The molecule has 1 unspecified atom stereocenters. The molecule has 0 amide bonds. The molecule has 0 radical (unpaired) electrons. The predicted molar refractivity (Wildman–Crippen MR) is 69.6 cm³/mol. The number of phenols is 1. The summed E-state index contributed by atoms with van der Waals surface area (Å²) in [5.74, 6) is 0.218. The Morgan fingerprint density at radius 3 is 3.17 bits per heavy atom. The second-order valence-electron chi connectivity index (χ2n) is 4.50. The standard InChI is InChI=1S/C14H16N2O2/c17-12-4-1-3-10-5-6-11(16-14(10)12)13-9-15-7-2-8-18-13/h1,3-6,13,15,17H,2,7-9H2. The van der Waals surface area contributed by atoms with Crippen LogP contribution in [0, 0.1) is 0 Å². The van der Waals surface area contributed by atoms with Crippen LogP contribution in [0.5, 0.6) is 5.75 Å². The largest absolute Gasteiger partial charge is 0.506 e. The Labute approximate surface area is 106 Å². The number of aromatic hydroxyl groups is 1. The molecular formula is C14H16N2O2. The highest BCUT2D eigenvalue weighted by molar-refractivity contribution is 5.84. The summed E-state index contributed by atoms with van der Waals surface area (Å²) in [7, 11) is 0. The third-order valence-electron chi connectivity index (χ3n) is 3.20. The number of para-hydroxylation sites is 1. The highest BCUT2D eigenvalue weighted by atomic mass is 16.5. The Balaban J connectivity index is 1.99. The fourth-order valence-electron chi connectivity index (χ4n) is 2.23. The number of ether oxygens (including phenoxy) is 1. The van der Waals surface area contributed by atoms with Crippen LogP contribution in [-0.2, 0) is 4.74 Å². The van der Waals surface area contributed by atoms with Crippen LogP contribution < -0.4 is 5.32 Å². The van der Waals surface area contributed by atoms with Gasteiger partial charge in [0.15, 0.2) is 0 Å². The number of nitrogens with zero attached hydrogens (tertiary/aromatic N) is 1. The first kappa shape index (κ1) is 11.4. The smallest absolute Gasteiger partial charge is 0.141 e. The Hall–Kier alpha value is -1.65. The molecule has 1 aliphatic rings. The average Bonchev–Trinajstić information content (AvgIpc) is 2.68. The normalized spacial score (nSPS) is 20.8. The minimum atomic E-state index is -0.0310. The zero-order valence-corrected chi connectivity index (χ0v) is 10.1. The van der Waals surface area contributed by atoms with Gasteiger partial charge in [0.2, 0.25) is 0 Å². The first-order chi connectivity index (χ1) is 8.84. The monoisotopic (exact) mass is 244 g/mol. The molecule has 0 spiro atoms. The number of rotatable bonds is 1. The summed E-state index contributed by atoms with van der Waals surface area (Å²) < 4.78 is 5.77. The van der Waals surface area contributed by atoms with E-state index in [0.29, 0.717) is 5.52 Å². The van der Waals surface area contributed by atoms with Gasteiger partial charge in [-0.05, 0) is 25.1 Å². The molecule has 1 aliphatic heterocycles. The summed E-state index contributed by atoms with van der Waals surface area (Å²) in [6.07, 6.45) is 0.992. The molecule has 0 aliphatic carbocycles. The summed E-state index contributed by atoms with van der Waals surface area (Å²) in [6.45, 7) is 2.50. The lowest BCUT2D eigenvalue weighted by Crippen LogP contribution is -2.20. The summed E-state index contributed by atoms with van der Waals surface area (Å²) in [4.78, 5) is 4.53. The van der Waals surface area contributed by atoms with Crippen molar-refractivity contribution in [3.8, 4) is 5.75 Å². The molecule has 94 valence electrons. The maximum Gasteiger partial charge on any atom is 0.141 e. The van der Waals surface area contributed by atoms with E-state index in [9.17, 15) is 5.11 Å². The van der Waals surface area contributed by atoms with E-state index >= 15 is 0 Å². The van der Waals surface area contributed by atoms with Crippen LogP contribution in [0.2, 0.25) is 0 Å². The number of nitrogens with one attached hydrogen (secondary N) is 1. The Kier molecular flexibility index (Phi) is 3.13. The van der Waals surface area contributed by atoms with Crippen LogP contribution in [0.3, 0.4) is 0 Å². The molecule has 18 heavy (non-hydrogen) atoms. The van der Waals surface area contributed by atoms with Crippen LogP contribution in [-0.4, -0.2) is 29.8 Å². The van der Waals surface area contributed by atoms with Gasteiger partial charge in [-0.1, -0.05) is 18.2 Å². The molecule has 2 N–H and O–H groups in total. The molecule has 1 aromatic carbocycles. The number of hydrogen-bond donors (Lipinski definition) is 2. The van der Waals surface area contributed by atoms with Gasteiger partial charge < -0.3 is 15.2 Å². The number of hydrogen-bond acceptors (Lipinski definition) is 4. The average molecular weight is 244 g/mol. The molecule has 1 aromatic heterocycles. The summed E-state index contributed by atoms with van der Waals surface area (Å²) in [5.41, 5.74) is 1.52. The maximum atomic E-state index is 9.83. The van der Waals surface area contributed by atoms with Gasteiger partial charge in [-0.15, -0.1) is 0 Å². The lowest BCUT2D eigenvalue weighted by Gasteiger charge is -2.15. The predicted octanol–water partition coefficient (Wildman–Crippen LogP) is 1.99. The third-order valence-corrected chi connectivity index (χ3v) is 3.20. The van der Waals surface area contributed by atoms with E-state index in [-0.39, 0.29) is 11.9 Å². The molecule has 4 heteroatoms. The fourth-order valence-corrected chi connectivity index (χ4v) is 2.23. The quantitative estimate of drug-likeness (QED) is 0.805. The third kappa shape index (κ3) is 2.17. The van der Waals surface area contributed by atoms with E-state index in [2.05, 4.69) is 10.3 Å². The van der Waals surface area contributed by atoms with Gasteiger partial charge >= 0.3 is 0 Å². The fraction of sp³-hybridized carbons (Fsp3) is 0.357. The SMILES string of the molecule is Oc1cccc2ccc(C3CNCCCO3)nc12. The van der Waals surface area contributed by atoms with Crippen molar-refractivity contribution in [2.45, 2.75) is 12.5 Å². The minimum Gasteiger partial charge on any atom is -0.506 e. The van der Waals surface area contributed by atoms with Gasteiger partial charge in [-0.25, -0.2) is 4.98 Å². The second-order valence-corrected chi connectivity index (χ2v) is 4.50. The van der Waals surface area contributed by atoms with Crippen molar-refractivity contribution in [3.63, 3.8) is 0 Å². The van der Waals surface area contributed by atoms with Crippen LogP contribution in [0.15, 0.2) is 30.3 Å². The zero-order chi connectivity index (χ0) is 12.4. The van der Waals surface area contributed by atoms with Crippen molar-refractivity contribution in [1.82, 2.24) is 10.3 Å². The van der Waals surface area contributed by atoms with Crippen LogP contribution in [0.4, 0.5) is 0 Å². The van der Waals surface area contributed by atoms with E-state index < -0.39 is 0 Å². The molecule has 2 aromatic rings. The topological polar surface area (TPSA) is 54.4 Å². The van der Waals surface area contributed by atoms with Crippen molar-refractivity contribution in [2.75, 3.05) is 19.7 Å². The van der Waals surface area contributed by atoms with Crippen molar-refractivity contribution < 1.29 is 9.84 Å². The van der Waals surface area contributed by atoms with E-state index in [0.717, 1.165) is 37.2 Å². The Morgan fingerprint density at radius 2 is 2.22 bits per heavy atom. The Morgan fingerprint density at radius 1 is 1.28 bits per heavy atom. The van der Waals surface area contributed by atoms with Gasteiger partial charge in [0, 0.05) is 18.5 Å². The molecule has 4 nitrogen and oxygen atoms in total. The zero-order valence-electron chi connectivity index (χ0n) is 10.1. The van der Waals surface area contributed by atoms with E-state index in [1.807, 2.05) is 24.3 Å². The molecule has 3 rings (SSSR count). The highest BCUT2D eigenvalue weighted by Gasteiger charge is 2.16. The van der Waals surface area contributed by atoms with Crippen molar-refractivity contribution in [1.29, 1.82) is 0 Å². The van der Waals surface area contributed by atoms with Gasteiger partial charge in [0.25, 0.3) is 0 Å². The molecule has 1 fully saturated rings. The lowest BCUT2D eigenvalue weighted by atomic mass is 10.1. The summed E-state index contributed by atoms with van der Waals surface area (Å²) in [6, 6.07) is 9.37. The molecule has 1 saturated heterocycles. The van der Waals surface area contributed by atoms with Gasteiger partial charge in [0.1, 0.15) is 17.4 Å². The van der Waals surface area contributed by atoms with E-state index in [1.165, 1.54) is 0 Å².